The topological polar surface area (TPSA) is 90.4 Å². The number of hydrogen-bond donors (Lipinski definition) is 2. The van der Waals surface area contributed by atoms with Crippen LogP contribution in [-0.2, 0) is 11.3 Å². The van der Waals surface area contributed by atoms with E-state index in [1.54, 1.807) is 44.2 Å². The van der Waals surface area contributed by atoms with Crippen molar-refractivity contribution in [3.05, 3.63) is 63.5 Å². The van der Waals surface area contributed by atoms with Gasteiger partial charge < -0.3 is 23.9 Å². The minimum Gasteiger partial charge on any atom is -0.507 e. The van der Waals surface area contributed by atoms with Gasteiger partial charge in [-0.15, -0.1) is 0 Å². The van der Waals surface area contributed by atoms with E-state index in [1.807, 2.05) is 0 Å². The number of rotatable bonds is 6. The quantitative estimate of drug-likeness (QED) is 0.592. The summed E-state index contributed by atoms with van der Waals surface area (Å²) in [6.07, 6.45) is 2.33. The maximum absolute atomic E-state index is 13.2. The Morgan fingerprint density at radius 2 is 1.84 bits per heavy atom. The van der Waals surface area contributed by atoms with Crippen LogP contribution < -0.4 is 15.1 Å². The first-order valence-electron chi connectivity index (χ1n) is 10.5. The SMILES string of the molecule is CCOC(=O)c1ccc(Oc2c(C)oc3c(C[NH+]4CCCC4)c(O)ccc3c2=O)cc1. The first-order valence-corrected chi connectivity index (χ1v) is 10.5. The lowest BCUT2D eigenvalue weighted by atomic mass is 10.1. The van der Waals surface area contributed by atoms with E-state index >= 15 is 0 Å². The lowest BCUT2D eigenvalue weighted by Crippen LogP contribution is -3.08. The van der Waals surface area contributed by atoms with Crippen molar-refractivity contribution in [1.82, 2.24) is 0 Å². The molecule has 4 rings (SSSR count). The van der Waals surface area contributed by atoms with Crippen LogP contribution in [0.15, 0.2) is 45.6 Å². The lowest BCUT2D eigenvalue weighted by Gasteiger charge is -2.15. The molecule has 1 aliphatic rings. The Kier molecular flexibility index (Phi) is 5.95. The molecule has 2 N–H and O–H groups in total. The van der Waals surface area contributed by atoms with E-state index in [4.69, 9.17) is 13.9 Å². The minimum atomic E-state index is -0.414. The number of nitrogens with one attached hydrogen (secondary N) is 1. The molecule has 0 atom stereocenters. The highest BCUT2D eigenvalue weighted by atomic mass is 16.5. The summed E-state index contributed by atoms with van der Waals surface area (Å²) >= 11 is 0. The third-order valence-electron chi connectivity index (χ3n) is 5.58. The van der Waals surface area contributed by atoms with Crippen LogP contribution in [0.5, 0.6) is 17.2 Å². The number of ether oxygens (including phenoxy) is 2. The fraction of sp³-hybridized carbons (Fsp3) is 0.333. The molecule has 0 radical (unpaired) electrons. The zero-order chi connectivity index (χ0) is 22.0. The summed E-state index contributed by atoms with van der Waals surface area (Å²) in [5.41, 5.74) is 1.17. The zero-order valence-corrected chi connectivity index (χ0v) is 17.7. The number of esters is 1. The van der Waals surface area contributed by atoms with Crippen LogP contribution in [0.3, 0.4) is 0 Å². The molecule has 7 nitrogen and oxygen atoms in total. The summed E-state index contributed by atoms with van der Waals surface area (Å²) in [4.78, 5) is 26.3. The number of phenols is 1. The monoisotopic (exact) mass is 424 g/mol. The van der Waals surface area contributed by atoms with Crippen molar-refractivity contribution in [2.24, 2.45) is 0 Å². The third-order valence-corrected chi connectivity index (χ3v) is 5.58. The second kappa shape index (κ2) is 8.81. The molecule has 2 aromatic carbocycles. The largest absolute Gasteiger partial charge is 0.507 e. The maximum atomic E-state index is 13.2. The van der Waals surface area contributed by atoms with Gasteiger partial charge in [-0.25, -0.2) is 4.79 Å². The van der Waals surface area contributed by atoms with E-state index in [-0.39, 0.29) is 16.9 Å². The highest BCUT2D eigenvalue weighted by Gasteiger charge is 2.23. The summed E-state index contributed by atoms with van der Waals surface area (Å²) in [7, 11) is 0. The summed E-state index contributed by atoms with van der Waals surface area (Å²) in [5, 5.41) is 10.8. The number of fused-ring (bicyclic) bond motifs is 1. The Hall–Kier alpha value is -3.32. The van der Waals surface area contributed by atoms with E-state index in [2.05, 4.69) is 0 Å². The molecular weight excluding hydrogens is 398 g/mol. The Morgan fingerprint density at radius 3 is 2.52 bits per heavy atom. The number of hydrogen-bond acceptors (Lipinski definition) is 6. The van der Waals surface area contributed by atoms with Gasteiger partial charge in [0.25, 0.3) is 0 Å². The van der Waals surface area contributed by atoms with Crippen molar-refractivity contribution in [2.45, 2.75) is 33.2 Å². The molecule has 7 heteroatoms. The molecule has 1 aromatic heterocycles. The van der Waals surface area contributed by atoms with Crippen LogP contribution in [0.1, 0.15) is 41.4 Å². The second-order valence-corrected chi connectivity index (χ2v) is 7.74. The normalized spacial score (nSPS) is 14.1. The Labute approximate surface area is 179 Å². The first-order chi connectivity index (χ1) is 15.0. The van der Waals surface area contributed by atoms with Crippen molar-refractivity contribution < 1.29 is 28.7 Å². The van der Waals surface area contributed by atoms with E-state index < -0.39 is 5.97 Å². The van der Waals surface area contributed by atoms with Crippen molar-refractivity contribution in [3.8, 4) is 17.2 Å². The summed E-state index contributed by atoms with van der Waals surface area (Å²) in [6.45, 7) is 6.41. The maximum Gasteiger partial charge on any atom is 0.338 e. The number of phenolic OH excluding ortho intramolecular Hbond substituents is 1. The molecule has 1 aliphatic heterocycles. The number of likely N-dealkylation sites (tertiary alicyclic amines) is 1. The number of aryl methyl sites for hydroxylation is 1. The molecule has 2 heterocycles. The molecular formula is C24H26NO6+. The Balaban J connectivity index is 1.67. The van der Waals surface area contributed by atoms with Crippen LogP contribution in [0.25, 0.3) is 11.0 Å². The van der Waals surface area contributed by atoms with E-state index in [9.17, 15) is 14.7 Å². The molecule has 0 spiro atoms. The van der Waals surface area contributed by atoms with Crippen molar-refractivity contribution in [2.75, 3.05) is 19.7 Å². The second-order valence-electron chi connectivity index (χ2n) is 7.74. The van der Waals surface area contributed by atoms with E-state index in [0.29, 0.717) is 46.8 Å². The van der Waals surface area contributed by atoms with Gasteiger partial charge in [-0.3, -0.25) is 4.79 Å². The third kappa shape index (κ3) is 4.27. The van der Waals surface area contributed by atoms with Crippen LogP contribution >= 0.6 is 0 Å². The summed E-state index contributed by atoms with van der Waals surface area (Å²) in [5.74, 6) is 0.542. The van der Waals surface area contributed by atoms with E-state index in [1.165, 1.54) is 11.0 Å². The number of carbonyl (C=O) groups is 1. The standard InChI is InChI=1S/C24H25NO6/c1-3-29-24(28)16-6-8-17(9-7-16)31-22-15(2)30-23-18(21(22)27)10-11-20(26)19(23)14-25-12-4-5-13-25/h6-11,26H,3-5,12-14H2,1-2H3/p+1. The van der Waals surface area contributed by atoms with Gasteiger partial charge in [-0.1, -0.05) is 0 Å². The molecule has 162 valence electrons. The minimum absolute atomic E-state index is 0.0848. The molecule has 1 fully saturated rings. The van der Waals surface area contributed by atoms with Crippen LogP contribution in [0.2, 0.25) is 0 Å². The lowest BCUT2D eigenvalue weighted by molar-refractivity contribution is -0.901. The molecule has 0 bridgehead atoms. The van der Waals surface area contributed by atoms with Crippen LogP contribution in [0.4, 0.5) is 0 Å². The fourth-order valence-corrected chi connectivity index (χ4v) is 3.98. The van der Waals surface area contributed by atoms with E-state index in [0.717, 1.165) is 25.9 Å². The number of benzene rings is 2. The number of carbonyl (C=O) groups excluding carboxylic acids is 1. The van der Waals surface area contributed by atoms with Crippen molar-refractivity contribution >= 4 is 16.9 Å². The average Bonchev–Trinajstić information content (AvgIpc) is 3.27. The first kappa shape index (κ1) is 20.9. The highest BCUT2D eigenvalue weighted by Crippen LogP contribution is 2.30. The van der Waals surface area contributed by atoms with Gasteiger partial charge in [0.05, 0.1) is 36.2 Å². The molecule has 1 saturated heterocycles. The summed E-state index contributed by atoms with van der Waals surface area (Å²) < 4.78 is 16.8. The van der Waals surface area contributed by atoms with Gasteiger partial charge in [0, 0.05) is 12.8 Å². The van der Waals surface area contributed by atoms with Crippen molar-refractivity contribution in [3.63, 3.8) is 0 Å². The average molecular weight is 424 g/mol. The van der Waals surface area contributed by atoms with Gasteiger partial charge >= 0.3 is 5.97 Å². The van der Waals surface area contributed by atoms with Gasteiger partial charge in [-0.05, 0) is 50.2 Å². The molecule has 31 heavy (non-hydrogen) atoms. The number of aromatic hydroxyl groups is 1. The van der Waals surface area contributed by atoms with Gasteiger partial charge in [0.1, 0.15) is 23.8 Å². The molecule has 0 saturated carbocycles. The van der Waals surface area contributed by atoms with Crippen molar-refractivity contribution in [1.29, 1.82) is 0 Å². The van der Waals surface area contributed by atoms with Gasteiger partial charge in [0.15, 0.2) is 5.58 Å². The number of quaternary nitrogens is 1. The molecule has 0 amide bonds. The Bertz CT molecular complexity index is 1160. The zero-order valence-electron chi connectivity index (χ0n) is 17.7. The van der Waals surface area contributed by atoms with Crippen LogP contribution in [-0.4, -0.2) is 30.8 Å². The molecule has 3 aromatic rings. The smallest absolute Gasteiger partial charge is 0.338 e. The van der Waals surface area contributed by atoms with Crippen LogP contribution in [0, 0.1) is 6.92 Å². The summed E-state index contributed by atoms with van der Waals surface area (Å²) in [6, 6.07) is 9.48. The fourth-order valence-electron chi connectivity index (χ4n) is 3.98. The highest BCUT2D eigenvalue weighted by molar-refractivity contribution is 5.89. The molecule has 0 unspecified atom stereocenters. The molecule has 0 aliphatic carbocycles. The van der Waals surface area contributed by atoms with Gasteiger partial charge in [0.2, 0.25) is 11.2 Å². The predicted molar refractivity (Wildman–Crippen MR) is 115 cm³/mol. The van der Waals surface area contributed by atoms with Gasteiger partial charge in [-0.2, -0.15) is 0 Å². The predicted octanol–water partition coefficient (Wildman–Crippen LogP) is 2.95. The Morgan fingerprint density at radius 1 is 1.13 bits per heavy atom.